The quantitative estimate of drug-likeness (QED) is 0.804. The second-order valence-corrected chi connectivity index (χ2v) is 7.62. The van der Waals surface area contributed by atoms with Gasteiger partial charge in [-0.2, -0.15) is 0 Å². The normalized spacial score (nSPS) is 18.4. The van der Waals surface area contributed by atoms with Crippen LogP contribution >= 0.6 is 0 Å². The van der Waals surface area contributed by atoms with E-state index in [4.69, 9.17) is 0 Å². The first-order valence-electron chi connectivity index (χ1n) is 9.97. The van der Waals surface area contributed by atoms with Gasteiger partial charge in [0.25, 0.3) is 5.91 Å². The molecule has 0 N–H and O–H groups in total. The van der Waals surface area contributed by atoms with Gasteiger partial charge < -0.3 is 19.6 Å². The van der Waals surface area contributed by atoms with Crippen molar-refractivity contribution in [1.82, 2.24) is 19.8 Å². The first-order valence-corrected chi connectivity index (χ1v) is 9.97. The molecule has 0 saturated carbocycles. The number of carbonyl (C=O) groups is 1. The molecule has 0 bridgehead atoms. The van der Waals surface area contributed by atoms with Crippen LogP contribution in [0.4, 0.5) is 11.6 Å². The Morgan fingerprint density at radius 2 is 1.43 bits per heavy atom. The molecule has 4 rings (SSSR count). The minimum absolute atomic E-state index is 0.124. The number of hydrogen-bond acceptors (Lipinski definition) is 6. The number of carbonyl (C=O) groups excluding carboxylic acids is 1. The number of anilines is 2. The highest BCUT2D eigenvalue weighted by molar-refractivity contribution is 5.95. The molecule has 3 heterocycles. The van der Waals surface area contributed by atoms with Gasteiger partial charge >= 0.3 is 0 Å². The zero-order valence-corrected chi connectivity index (χ0v) is 16.7. The summed E-state index contributed by atoms with van der Waals surface area (Å²) in [4.78, 5) is 30.6. The summed E-state index contributed by atoms with van der Waals surface area (Å²) in [6.07, 6.45) is 1.66. The highest BCUT2D eigenvalue weighted by Gasteiger charge is 2.24. The lowest BCUT2D eigenvalue weighted by Gasteiger charge is -2.36. The van der Waals surface area contributed by atoms with Crippen molar-refractivity contribution in [2.75, 3.05) is 69.2 Å². The Bertz CT molecular complexity index is 825. The van der Waals surface area contributed by atoms with Crippen molar-refractivity contribution in [1.29, 1.82) is 0 Å². The van der Waals surface area contributed by atoms with Crippen LogP contribution in [-0.4, -0.2) is 85.1 Å². The van der Waals surface area contributed by atoms with Crippen LogP contribution in [0.15, 0.2) is 36.7 Å². The summed E-state index contributed by atoms with van der Waals surface area (Å²) < 4.78 is 0. The van der Waals surface area contributed by atoms with Crippen molar-refractivity contribution < 1.29 is 4.79 Å². The molecule has 0 radical (unpaired) electrons. The maximum Gasteiger partial charge on any atom is 0.254 e. The van der Waals surface area contributed by atoms with Gasteiger partial charge in [-0.15, -0.1) is 0 Å². The van der Waals surface area contributed by atoms with E-state index in [-0.39, 0.29) is 5.91 Å². The van der Waals surface area contributed by atoms with E-state index in [0.717, 1.165) is 62.0 Å². The van der Waals surface area contributed by atoms with Gasteiger partial charge in [-0.05, 0) is 25.6 Å². The molecule has 1 aromatic carbocycles. The van der Waals surface area contributed by atoms with E-state index in [9.17, 15) is 4.79 Å². The third-order valence-corrected chi connectivity index (χ3v) is 5.73. The number of hydrogen-bond donors (Lipinski definition) is 0. The summed E-state index contributed by atoms with van der Waals surface area (Å²) in [6, 6.07) is 9.89. The van der Waals surface area contributed by atoms with E-state index in [1.807, 2.05) is 36.1 Å². The standard InChI is InChI=1S/C21H28N6O/c1-17-5-3-4-6-18(17)21(28)27-13-11-26(12-14-27)20-15-19(22-16-23-20)25-9-7-24(2)8-10-25/h3-6,15-16H,7-14H2,1-2H3. The summed E-state index contributed by atoms with van der Waals surface area (Å²) in [5, 5.41) is 0. The predicted molar refractivity (Wildman–Crippen MR) is 111 cm³/mol. The number of aromatic nitrogens is 2. The van der Waals surface area contributed by atoms with Crippen molar-refractivity contribution in [2.24, 2.45) is 0 Å². The van der Waals surface area contributed by atoms with Gasteiger partial charge in [0.05, 0.1) is 0 Å². The van der Waals surface area contributed by atoms with Crippen LogP contribution in [0.5, 0.6) is 0 Å². The Balaban J connectivity index is 1.39. The minimum atomic E-state index is 0.124. The highest BCUT2D eigenvalue weighted by atomic mass is 16.2. The Hall–Kier alpha value is -2.67. The van der Waals surface area contributed by atoms with Crippen LogP contribution in [0.2, 0.25) is 0 Å². The van der Waals surface area contributed by atoms with E-state index in [1.165, 1.54) is 0 Å². The fraction of sp³-hybridized carbons (Fsp3) is 0.476. The zero-order valence-electron chi connectivity index (χ0n) is 16.7. The van der Waals surface area contributed by atoms with Crippen molar-refractivity contribution in [2.45, 2.75) is 6.92 Å². The summed E-state index contributed by atoms with van der Waals surface area (Å²) in [5.74, 6) is 2.07. The molecular formula is C21H28N6O. The van der Waals surface area contributed by atoms with Gasteiger partial charge in [-0.1, -0.05) is 18.2 Å². The number of rotatable bonds is 3. The SMILES string of the molecule is Cc1ccccc1C(=O)N1CCN(c2cc(N3CCN(C)CC3)ncn2)CC1. The molecule has 1 amide bonds. The Labute approximate surface area is 166 Å². The molecule has 2 aliphatic heterocycles. The number of nitrogens with zero attached hydrogens (tertiary/aromatic N) is 6. The lowest BCUT2D eigenvalue weighted by molar-refractivity contribution is 0.0746. The number of likely N-dealkylation sites (N-methyl/N-ethyl adjacent to an activating group) is 1. The molecule has 148 valence electrons. The lowest BCUT2D eigenvalue weighted by Crippen LogP contribution is -2.49. The van der Waals surface area contributed by atoms with Crippen molar-refractivity contribution in [3.8, 4) is 0 Å². The maximum atomic E-state index is 12.8. The lowest BCUT2D eigenvalue weighted by atomic mass is 10.1. The number of benzene rings is 1. The first kappa shape index (κ1) is 18.7. The summed E-state index contributed by atoms with van der Waals surface area (Å²) in [6.45, 7) is 9.08. The third-order valence-electron chi connectivity index (χ3n) is 5.73. The van der Waals surface area contributed by atoms with Crippen LogP contribution in [0, 0.1) is 6.92 Å². The van der Waals surface area contributed by atoms with Gasteiger partial charge in [0, 0.05) is 64.0 Å². The molecule has 7 heteroatoms. The predicted octanol–water partition coefficient (Wildman–Crippen LogP) is 1.50. The van der Waals surface area contributed by atoms with Crippen LogP contribution in [0.1, 0.15) is 15.9 Å². The van der Waals surface area contributed by atoms with Crippen LogP contribution in [0.25, 0.3) is 0 Å². The van der Waals surface area contributed by atoms with E-state index >= 15 is 0 Å². The molecule has 28 heavy (non-hydrogen) atoms. The number of aryl methyl sites for hydroxylation is 1. The average Bonchev–Trinajstić information content (AvgIpc) is 2.74. The van der Waals surface area contributed by atoms with E-state index < -0.39 is 0 Å². The molecule has 0 spiro atoms. The molecular weight excluding hydrogens is 352 g/mol. The van der Waals surface area contributed by atoms with Gasteiger partial charge in [-0.25, -0.2) is 9.97 Å². The molecule has 2 aliphatic rings. The van der Waals surface area contributed by atoms with Crippen molar-refractivity contribution >= 4 is 17.5 Å². The first-order chi connectivity index (χ1) is 13.6. The van der Waals surface area contributed by atoms with Gasteiger partial charge in [-0.3, -0.25) is 4.79 Å². The van der Waals surface area contributed by atoms with Gasteiger partial charge in [0.15, 0.2) is 0 Å². The summed E-state index contributed by atoms with van der Waals surface area (Å²) in [5.41, 5.74) is 1.83. The van der Waals surface area contributed by atoms with Gasteiger partial charge in [0.1, 0.15) is 18.0 Å². The largest absolute Gasteiger partial charge is 0.354 e. The average molecular weight is 380 g/mol. The summed E-state index contributed by atoms with van der Waals surface area (Å²) in [7, 11) is 2.15. The van der Waals surface area contributed by atoms with Crippen LogP contribution < -0.4 is 9.80 Å². The fourth-order valence-electron chi connectivity index (χ4n) is 3.84. The molecule has 1 aromatic heterocycles. The van der Waals surface area contributed by atoms with Crippen LogP contribution in [0.3, 0.4) is 0 Å². The fourth-order valence-corrected chi connectivity index (χ4v) is 3.84. The maximum absolute atomic E-state index is 12.8. The molecule has 0 aliphatic carbocycles. The van der Waals surface area contributed by atoms with Crippen LogP contribution in [-0.2, 0) is 0 Å². The van der Waals surface area contributed by atoms with E-state index in [1.54, 1.807) is 6.33 Å². The smallest absolute Gasteiger partial charge is 0.254 e. The van der Waals surface area contributed by atoms with Gasteiger partial charge in [0.2, 0.25) is 0 Å². The second-order valence-electron chi connectivity index (χ2n) is 7.62. The molecule has 2 fully saturated rings. The highest BCUT2D eigenvalue weighted by Crippen LogP contribution is 2.21. The van der Waals surface area contributed by atoms with Crippen molar-refractivity contribution in [3.05, 3.63) is 47.8 Å². The van der Waals surface area contributed by atoms with E-state index in [2.05, 4.69) is 37.8 Å². The Kier molecular flexibility index (Phi) is 5.43. The summed E-state index contributed by atoms with van der Waals surface area (Å²) >= 11 is 0. The molecule has 0 atom stereocenters. The molecule has 0 unspecified atom stereocenters. The Morgan fingerprint density at radius 1 is 0.857 bits per heavy atom. The zero-order chi connectivity index (χ0) is 19.5. The number of piperazine rings is 2. The minimum Gasteiger partial charge on any atom is -0.354 e. The number of amides is 1. The Morgan fingerprint density at radius 3 is 2.04 bits per heavy atom. The molecule has 2 aromatic rings. The third kappa shape index (κ3) is 3.94. The van der Waals surface area contributed by atoms with Crippen molar-refractivity contribution in [3.63, 3.8) is 0 Å². The van der Waals surface area contributed by atoms with E-state index in [0.29, 0.717) is 13.1 Å². The molecule has 2 saturated heterocycles. The monoisotopic (exact) mass is 380 g/mol. The topological polar surface area (TPSA) is 55.8 Å². The second kappa shape index (κ2) is 8.14. The molecule has 7 nitrogen and oxygen atoms in total.